The van der Waals surface area contributed by atoms with E-state index in [1.54, 1.807) is 0 Å². The minimum absolute atomic E-state index is 0.533. The Bertz CT molecular complexity index is 203. The molecule has 0 aromatic heterocycles. The molecular formula is C5H9ClO2S. The molecule has 1 fully saturated rings. The van der Waals surface area contributed by atoms with E-state index >= 15 is 0 Å². The molecule has 2 nitrogen and oxygen atoms in total. The predicted octanol–water partition coefficient (Wildman–Crippen LogP) is 1.50. The Balaban J connectivity index is 2.85. The van der Waals surface area contributed by atoms with Gasteiger partial charge in [-0.1, -0.05) is 6.92 Å². The second kappa shape index (κ2) is 1.86. The van der Waals surface area contributed by atoms with E-state index in [1.807, 2.05) is 6.92 Å². The van der Waals surface area contributed by atoms with E-state index in [9.17, 15) is 8.42 Å². The molecule has 4 heteroatoms. The van der Waals surface area contributed by atoms with Crippen molar-refractivity contribution in [3.8, 4) is 0 Å². The number of halogens is 1. The van der Waals surface area contributed by atoms with Crippen LogP contribution in [0.4, 0.5) is 0 Å². The molecule has 0 amide bonds. The Labute approximate surface area is 59.6 Å². The maximum atomic E-state index is 10.7. The Morgan fingerprint density at radius 1 is 1.56 bits per heavy atom. The van der Waals surface area contributed by atoms with Gasteiger partial charge in [-0.3, -0.25) is 0 Å². The summed E-state index contributed by atoms with van der Waals surface area (Å²) in [6.45, 7) is 1.85. The lowest BCUT2D eigenvalue weighted by Gasteiger charge is -2.04. The Kier molecular flexibility index (Phi) is 1.52. The molecule has 0 atom stereocenters. The van der Waals surface area contributed by atoms with Crippen LogP contribution in [0.5, 0.6) is 0 Å². The molecule has 0 N–H and O–H groups in total. The molecule has 0 aromatic carbocycles. The highest BCUT2D eigenvalue weighted by atomic mass is 35.7. The van der Waals surface area contributed by atoms with Crippen LogP contribution in [0.25, 0.3) is 0 Å². The van der Waals surface area contributed by atoms with Crippen LogP contribution in [0, 0.1) is 0 Å². The predicted molar refractivity (Wildman–Crippen MR) is 37.0 cm³/mol. The van der Waals surface area contributed by atoms with Crippen molar-refractivity contribution in [2.24, 2.45) is 0 Å². The third-order valence-corrected chi connectivity index (χ3v) is 4.68. The van der Waals surface area contributed by atoms with Gasteiger partial charge in [-0.15, -0.1) is 0 Å². The van der Waals surface area contributed by atoms with Crippen molar-refractivity contribution in [1.82, 2.24) is 0 Å². The topological polar surface area (TPSA) is 34.1 Å². The summed E-state index contributed by atoms with van der Waals surface area (Å²) < 4.78 is 20.9. The van der Waals surface area contributed by atoms with Crippen molar-refractivity contribution in [3.05, 3.63) is 0 Å². The van der Waals surface area contributed by atoms with Crippen molar-refractivity contribution in [1.29, 1.82) is 0 Å². The van der Waals surface area contributed by atoms with Gasteiger partial charge in [0.25, 0.3) is 0 Å². The average molecular weight is 169 g/mol. The lowest BCUT2D eigenvalue weighted by molar-refractivity contribution is 0.588. The fraction of sp³-hybridized carbons (Fsp3) is 1.00. The van der Waals surface area contributed by atoms with Crippen LogP contribution in [0.15, 0.2) is 0 Å². The van der Waals surface area contributed by atoms with Gasteiger partial charge in [0.05, 0.1) is 4.75 Å². The molecule has 54 valence electrons. The Hall–Kier alpha value is 0.240. The largest absolute Gasteiger partial charge is 0.238 e. The summed E-state index contributed by atoms with van der Waals surface area (Å²) in [6, 6.07) is 0. The SMILES string of the molecule is CCC1(S(=O)(=O)Cl)CC1. The smallest absolute Gasteiger partial charge is 0.212 e. The fourth-order valence-corrected chi connectivity index (χ4v) is 2.63. The van der Waals surface area contributed by atoms with Crippen LogP contribution >= 0.6 is 10.7 Å². The first kappa shape index (κ1) is 7.35. The number of rotatable bonds is 2. The van der Waals surface area contributed by atoms with Gasteiger partial charge < -0.3 is 0 Å². The maximum absolute atomic E-state index is 10.7. The molecule has 0 saturated heterocycles. The van der Waals surface area contributed by atoms with Crippen molar-refractivity contribution < 1.29 is 8.42 Å². The summed E-state index contributed by atoms with van der Waals surface area (Å²) in [6.07, 6.45) is 2.14. The molecule has 0 radical (unpaired) electrons. The molecule has 0 aliphatic heterocycles. The molecule has 0 bridgehead atoms. The van der Waals surface area contributed by atoms with Crippen LogP contribution in [0.2, 0.25) is 0 Å². The monoisotopic (exact) mass is 168 g/mol. The highest BCUT2D eigenvalue weighted by Gasteiger charge is 2.51. The van der Waals surface area contributed by atoms with Gasteiger partial charge in [-0.25, -0.2) is 8.42 Å². The first-order chi connectivity index (χ1) is 4.02. The van der Waals surface area contributed by atoms with Gasteiger partial charge in [0.2, 0.25) is 9.05 Å². The lowest BCUT2D eigenvalue weighted by atomic mass is 10.3. The Morgan fingerprint density at radius 3 is 2.00 bits per heavy atom. The molecular weight excluding hydrogens is 160 g/mol. The summed E-state index contributed by atoms with van der Waals surface area (Å²) >= 11 is 0. The van der Waals surface area contributed by atoms with Crippen LogP contribution in [-0.2, 0) is 9.05 Å². The molecule has 9 heavy (non-hydrogen) atoms. The van der Waals surface area contributed by atoms with Crippen LogP contribution in [0.3, 0.4) is 0 Å². The first-order valence-electron chi connectivity index (χ1n) is 2.96. The highest BCUT2D eigenvalue weighted by Crippen LogP contribution is 2.47. The van der Waals surface area contributed by atoms with E-state index in [0.29, 0.717) is 6.42 Å². The van der Waals surface area contributed by atoms with Crippen molar-refractivity contribution in [2.75, 3.05) is 0 Å². The third-order valence-electron chi connectivity index (χ3n) is 1.97. The van der Waals surface area contributed by atoms with Gasteiger partial charge >= 0.3 is 0 Å². The van der Waals surface area contributed by atoms with E-state index in [4.69, 9.17) is 10.7 Å². The maximum Gasteiger partial charge on any atom is 0.238 e. The van der Waals surface area contributed by atoms with E-state index in [0.717, 1.165) is 12.8 Å². The molecule has 1 rings (SSSR count). The van der Waals surface area contributed by atoms with Gasteiger partial charge in [-0.2, -0.15) is 0 Å². The van der Waals surface area contributed by atoms with E-state index in [2.05, 4.69) is 0 Å². The van der Waals surface area contributed by atoms with Crippen molar-refractivity contribution >= 4 is 19.7 Å². The van der Waals surface area contributed by atoms with E-state index in [1.165, 1.54) is 0 Å². The highest BCUT2D eigenvalue weighted by molar-refractivity contribution is 8.15. The van der Waals surface area contributed by atoms with Crippen LogP contribution in [0.1, 0.15) is 26.2 Å². The van der Waals surface area contributed by atoms with Crippen molar-refractivity contribution in [3.63, 3.8) is 0 Å². The number of hydrogen-bond donors (Lipinski definition) is 0. The molecule has 1 aliphatic rings. The van der Waals surface area contributed by atoms with Gasteiger partial charge in [-0.05, 0) is 19.3 Å². The summed E-state index contributed by atoms with van der Waals surface area (Å²) in [7, 11) is 1.89. The average Bonchev–Trinajstić information content (AvgIpc) is 2.40. The zero-order valence-electron chi connectivity index (χ0n) is 5.22. The second-order valence-corrected chi connectivity index (χ2v) is 5.43. The fourth-order valence-electron chi connectivity index (χ4n) is 0.909. The minimum atomic E-state index is -3.27. The van der Waals surface area contributed by atoms with Gasteiger partial charge in [0.1, 0.15) is 0 Å². The van der Waals surface area contributed by atoms with Crippen LogP contribution < -0.4 is 0 Å². The first-order valence-corrected chi connectivity index (χ1v) is 5.27. The van der Waals surface area contributed by atoms with Gasteiger partial charge in [0, 0.05) is 10.7 Å². The Morgan fingerprint density at radius 2 is 2.00 bits per heavy atom. The number of hydrogen-bond acceptors (Lipinski definition) is 2. The normalized spacial score (nSPS) is 23.8. The third kappa shape index (κ3) is 1.08. The lowest BCUT2D eigenvalue weighted by Crippen LogP contribution is -2.15. The van der Waals surface area contributed by atoms with Crippen LogP contribution in [-0.4, -0.2) is 13.2 Å². The second-order valence-electron chi connectivity index (χ2n) is 2.47. The summed E-state index contributed by atoms with van der Waals surface area (Å²) in [5, 5.41) is 0. The molecule has 0 aromatic rings. The van der Waals surface area contributed by atoms with E-state index < -0.39 is 13.8 Å². The summed E-state index contributed by atoms with van der Waals surface area (Å²) in [5.41, 5.74) is 0. The summed E-state index contributed by atoms with van der Waals surface area (Å²) in [5.74, 6) is 0. The molecule has 1 aliphatic carbocycles. The van der Waals surface area contributed by atoms with Crippen molar-refractivity contribution in [2.45, 2.75) is 30.9 Å². The molecule has 0 spiro atoms. The zero-order valence-corrected chi connectivity index (χ0v) is 6.80. The zero-order chi connectivity index (χ0) is 7.12. The standard InChI is InChI=1S/C5H9ClO2S/c1-2-5(3-4-5)9(6,7)8/h2-4H2,1H3. The molecule has 0 unspecified atom stereocenters. The summed E-state index contributed by atoms with van der Waals surface area (Å²) in [4.78, 5) is 0. The minimum Gasteiger partial charge on any atom is -0.212 e. The van der Waals surface area contributed by atoms with E-state index in [-0.39, 0.29) is 0 Å². The molecule has 0 heterocycles. The quantitative estimate of drug-likeness (QED) is 0.586. The molecule has 1 saturated carbocycles. The van der Waals surface area contributed by atoms with Gasteiger partial charge in [0.15, 0.2) is 0 Å².